The second-order valence-corrected chi connectivity index (χ2v) is 4.01. The van der Waals surface area contributed by atoms with E-state index in [1.807, 2.05) is 0 Å². The monoisotopic (exact) mass is 278 g/mol. The zero-order valence-electron chi connectivity index (χ0n) is 10.6. The van der Waals surface area contributed by atoms with E-state index in [2.05, 4.69) is 5.32 Å². The lowest BCUT2D eigenvalue weighted by molar-refractivity contribution is 0.101. The Labute approximate surface area is 114 Å². The lowest BCUT2D eigenvalue weighted by Gasteiger charge is -2.09. The average molecular weight is 278 g/mol. The molecule has 0 spiro atoms. The summed E-state index contributed by atoms with van der Waals surface area (Å²) < 4.78 is 31.9. The van der Waals surface area contributed by atoms with Gasteiger partial charge in [0, 0.05) is 5.69 Å². The molecular formula is C14H12F2N2O2. The molecule has 0 aliphatic rings. The fourth-order valence-corrected chi connectivity index (χ4v) is 1.72. The van der Waals surface area contributed by atoms with Crippen LogP contribution in [-0.2, 0) is 0 Å². The molecule has 20 heavy (non-hydrogen) atoms. The number of carbonyl (C=O) groups is 1. The molecule has 6 heteroatoms. The van der Waals surface area contributed by atoms with Gasteiger partial charge in [-0.2, -0.15) is 0 Å². The Bertz CT molecular complexity index is 639. The molecule has 0 atom stereocenters. The molecule has 0 aliphatic heterocycles. The van der Waals surface area contributed by atoms with Crippen LogP contribution in [0.4, 0.5) is 20.2 Å². The molecule has 0 fully saturated rings. The van der Waals surface area contributed by atoms with E-state index in [1.165, 1.54) is 25.3 Å². The summed E-state index contributed by atoms with van der Waals surface area (Å²) in [7, 11) is 1.46. The third-order valence-corrected chi connectivity index (χ3v) is 2.68. The van der Waals surface area contributed by atoms with Gasteiger partial charge in [-0.15, -0.1) is 0 Å². The van der Waals surface area contributed by atoms with E-state index >= 15 is 0 Å². The van der Waals surface area contributed by atoms with Crippen LogP contribution in [0.3, 0.4) is 0 Å². The number of hydrogen-bond acceptors (Lipinski definition) is 3. The SMILES string of the molecule is COc1ccc(NC(=O)c2c(F)cccc2F)cc1N. The Hall–Kier alpha value is -2.63. The highest BCUT2D eigenvalue weighted by Gasteiger charge is 2.17. The summed E-state index contributed by atoms with van der Waals surface area (Å²) in [5, 5.41) is 2.38. The van der Waals surface area contributed by atoms with Gasteiger partial charge >= 0.3 is 0 Å². The Kier molecular flexibility index (Phi) is 3.84. The summed E-state index contributed by atoms with van der Waals surface area (Å²) in [5.41, 5.74) is 5.67. The molecule has 2 aromatic carbocycles. The fraction of sp³-hybridized carbons (Fsp3) is 0.0714. The van der Waals surface area contributed by atoms with Gasteiger partial charge in [0.15, 0.2) is 0 Å². The van der Waals surface area contributed by atoms with Crippen molar-refractivity contribution in [2.45, 2.75) is 0 Å². The van der Waals surface area contributed by atoms with E-state index in [0.717, 1.165) is 12.1 Å². The van der Waals surface area contributed by atoms with Crippen LogP contribution in [0.5, 0.6) is 5.75 Å². The van der Waals surface area contributed by atoms with E-state index in [4.69, 9.17) is 10.5 Å². The summed E-state index contributed by atoms with van der Waals surface area (Å²) in [4.78, 5) is 11.9. The number of amides is 1. The molecule has 0 aliphatic carbocycles. The Morgan fingerprint density at radius 1 is 1.20 bits per heavy atom. The van der Waals surface area contributed by atoms with Crippen LogP contribution < -0.4 is 15.8 Å². The van der Waals surface area contributed by atoms with Crippen LogP contribution in [0.2, 0.25) is 0 Å². The molecule has 0 aromatic heterocycles. The van der Waals surface area contributed by atoms with E-state index in [-0.39, 0.29) is 0 Å². The molecule has 2 aromatic rings. The normalized spacial score (nSPS) is 10.2. The molecule has 0 heterocycles. The molecule has 1 amide bonds. The first-order valence-corrected chi connectivity index (χ1v) is 5.72. The number of rotatable bonds is 3. The van der Waals surface area contributed by atoms with Crippen molar-refractivity contribution in [3.63, 3.8) is 0 Å². The van der Waals surface area contributed by atoms with Gasteiger partial charge in [0.1, 0.15) is 22.9 Å². The maximum Gasteiger partial charge on any atom is 0.261 e. The summed E-state index contributed by atoms with van der Waals surface area (Å²) in [6.07, 6.45) is 0. The molecule has 4 nitrogen and oxygen atoms in total. The van der Waals surface area contributed by atoms with Crippen molar-refractivity contribution in [3.8, 4) is 5.75 Å². The van der Waals surface area contributed by atoms with Crippen molar-refractivity contribution in [2.24, 2.45) is 0 Å². The van der Waals surface area contributed by atoms with Gasteiger partial charge in [-0.3, -0.25) is 4.79 Å². The second kappa shape index (κ2) is 5.56. The minimum atomic E-state index is -0.927. The van der Waals surface area contributed by atoms with Crippen molar-refractivity contribution < 1.29 is 18.3 Å². The van der Waals surface area contributed by atoms with Crippen LogP contribution in [0, 0.1) is 11.6 Å². The Morgan fingerprint density at radius 3 is 2.40 bits per heavy atom. The van der Waals surface area contributed by atoms with Gasteiger partial charge in [-0.25, -0.2) is 8.78 Å². The maximum atomic E-state index is 13.5. The van der Waals surface area contributed by atoms with Gasteiger partial charge in [0.2, 0.25) is 0 Å². The number of methoxy groups -OCH3 is 1. The van der Waals surface area contributed by atoms with Crippen LogP contribution in [0.1, 0.15) is 10.4 Å². The molecule has 0 saturated carbocycles. The van der Waals surface area contributed by atoms with Crippen molar-refractivity contribution >= 4 is 17.3 Å². The summed E-state index contributed by atoms with van der Waals surface area (Å²) in [6.45, 7) is 0. The number of hydrogen-bond donors (Lipinski definition) is 2. The topological polar surface area (TPSA) is 64.3 Å². The van der Waals surface area contributed by atoms with Gasteiger partial charge < -0.3 is 15.8 Å². The van der Waals surface area contributed by atoms with Gasteiger partial charge in [0.25, 0.3) is 5.91 Å². The lowest BCUT2D eigenvalue weighted by Crippen LogP contribution is -2.16. The summed E-state index contributed by atoms with van der Waals surface area (Å²) in [5.74, 6) is -2.29. The van der Waals surface area contributed by atoms with Crippen molar-refractivity contribution in [2.75, 3.05) is 18.2 Å². The van der Waals surface area contributed by atoms with E-state index in [1.54, 1.807) is 6.07 Å². The number of nitrogens with one attached hydrogen (secondary N) is 1. The van der Waals surface area contributed by atoms with Crippen molar-refractivity contribution in [1.82, 2.24) is 0 Å². The average Bonchev–Trinajstić information content (AvgIpc) is 2.38. The highest BCUT2D eigenvalue weighted by Crippen LogP contribution is 2.25. The van der Waals surface area contributed by atoms with E-state index < -0.39 is 23.1 Å². The van der Waals surface area contributed by atoms with Crippen LogP contribution in [0.25, 0.3) is 0 Å². The molecule has 2 rings (SSSR count). The summed E-state index contributed by atoms with van der Waals surface area (Å²) >= 11 is 0. The van der Waals surface area contributed by atoms with Gasteiger partial charge in [-0.1, -0.05) is 6.07 Å². The molecular weight excluding hydrogens is 266 g/mol. The predicted molar refractivity (Wildman–Crippen MR) is 71.7 cm³/mol. The minimum Gasteiger partial charge on any atom is -0.495 e. The van der Waals surface area contributed by atoms with E-state index in [9.17, 15) is 13.6 Å². The van der Waals surface area contributed by atoms with Crippen LogP contribution in [0.15, 0.2) is 36.4 Å². The second-order valence-electron chi connectivity index (χ2n) is 4.01. The van der Waals surface area contributed by atoms with E-state index in [0.29, 0.717) is 17.1 Å². The Morgan fingerprint density at radius 2 is 1.85 bits per heavy atom. The molecule has 3 N–H and O–H groups in total. The fourth-order valence-electron chi connectivity index (χ4n) is 1.72. The first kappa shape index (κ1) is 13.8. The van der Waals surface area contributed by atoms with Gasteiger partial charge in [-0.05, 0) is 30.3 Å². The minimum absolute atomic E-state index is 0.305. The predicted octanol–water partition coefficient (Wildman–Crippen LogP) is 2.81. The lowest BCUT2D eigenvalue weighted by atomic mass is 10.1. The number of carbonyl (C=O) groups excluding carboxylic acids is 1. The molecule has 104 valence electrons. The molecule has 0 radical (unpaired) electrons. The molecule has 0 saturated heterocycles. The zero-order valence-corrected chi connectivity index (χ0v) is 10.6. The highest BCUT2D eigenvalue weighted by molar-refractivity contribution is 6.04. The third-order valence-electron chi connectivity index (χ3n) is 2.68. The van der Waals surface area contributed by atoms with Gasteiger partial charge in [0.05, 0.1) is 12.8 Å². The number of nitrogen functional groups attached to an aromatic ring is 1. The molecule has 0 bridgehead atoms. The summed E-state index contributed by atoms with van der Waals surface area (Å²) in [6, 6.07) is 7.72. The quantitative estimate of drug-likeness (QED) is 0.848. The third kappa shape index (κ3) is 2.69. The number of halogens is 2. The number of nitrogens with two attached hydrogens (primary N) is 1. The largest absolute Gasteiger partial charge is 0.495 e. The number of ether oxygens (including phenoxy) is 1. The zero-order chi connectivity index (χ0) is 14.7. The first-order valence-electron chi connectivity index (χ1n) is 5.72. The number of anilines is 2. The number of benzene rings is 2. The Balaban J connectivity index is 2.26. The van der Waals surface area contributed by atoms with Crippen molar-refractivity contribution in [3.05, 3.63) is 53.6 Å². The highest BCUT2D eigenvalue weighted by atomic mass is 19.1. The smallest absolute Gasteiger partial charge is 0.261 e. The van der Waals surface area contributed by atoms with Crippen molar-refractivity contribution in [1.29, 1.82) is 0 Å². The molecule has 0 unspecified atom stereocenters. The van der Waals surface area contributed by atoms with Crippen LogP contribution >= 0.6 is 0 Å². The maximum absolute atomic E-state index is 13.5. The van der Waals surface area contributed by atoms with Crippen LogP contribution in [-0.4, -0.2) is 13.0 Å². The first-order chi connectivity index (χ1) is 9.52. The standard InChI is InChI=1S/C14H12F2N2O2/c1-20-12-6-5-8(7-11(12)17)18-14(19)13-9(15)3-2-4-10(13)16/h2-7H,17H2,1H3,(H,18,19).